The molecule has 0 aliphatic rings. The van der Waals surface area contributed by atoms with Crippen molar-refractivity contribution in [3.63, 3.8) is 0 Å². The van der Waals surface area contributed by atoms with E-state index in [-0.39, 0.29) is 12.3 Å². The van der Waals surface area contributed by atoms with E-state index in [0.717, 1.165) is 12.1 Å². The van der Waals surface area contributed by atoms with Crippen LogP contribution in [0.15, 0.2) is 36.7 Å². The van der Waals surface area contributed by atoms with Crippen LogP contribution in [0.25, 0.3) is 0 Å². The van der Waals surface area contributed by atoms with Crippen molar-refractivity contribution in [2.45, 2.75) is 19.0 Å². The van der Waals surface area contributed by atoms with Gasteiger partial charge in [0.05, 0.1) is 23.9 Å². The number of nitrogens with zero attached hydrogens (tertiary/aromatic N) is 2. The summed E-state index contributed by atoms with van der Waals surface area (Å²) in [6.45, 7) is 0.145. The minimum Gasteiger partial charge on any atom is -0.406 e. The summed E-state index contributed by atoms with van der Waals surface area (Å²) >= 11 is 5.68. The molecule has 0 saturated carbocycles. The highest BCUT2D eigenvalue weighted by Crippen LogP contribution is 2.24. The Bertz CT molecular complexity index is 569. The quantitative estimate of drug-likeness (QED) is 0.944. The molecule has 0 aliphatic heterocycles. The Labute approximate surface area is 117 Å². The number of aromatic nitrogens is 2. The molecule has 0 amide bonds. The predicted octanol–water partition coefficient (Wildman–Crippen LogP) is 3.17. The molecule has 1 unspecified atom stereocenters. The minimum atomic E-state index is -4.73. The SMILES string of the molecule is OC(Cn1cc(Cl)cn1)c1ccc(OC(F)(F)F)cc1. The number of halogens is 4. The number of hydrogen-bond donors (Lipinski definition) is 1. The van der Waals surface area contributed by atoms with Gasteiger partial charge in [-0.15, -0.1) is 13.2 Å². The van der Waals surface area contributed by atoms with Crippen LogP contribution in [-0.4, -0.2) is 21.2 Å². The number of benzene rings is 1. The zero-order valence-electron chi connectivity index (χ0n) is 10.0. The first kappa shape index (κ1) is 14.7. The number of ether oxygens (including phenoxy) is 1. The highest BCUT2D eigenvalue weighted by atomic mass is 35.5. The molecule has 20 heavy (non-hydrogen) atoms. The average molecular weight is 307 g/mol. The van der Waals surface area contributed by atoms with Crippen molar-refractivity contribution >= 4 is 11.6 Å². The van der Waals surface area contributed by atoms with Gasteiger partial charge in [0.15, 0.2) is 0 Å². The van der Waals surface area contributed by atoms with Crippen molar-refractivity contribution in [3.05, 3.63) is 47.2 Å². The number of aliphatic hydroxyl groups excluding tert-OH is 1. The fraction of sp³-hybridized carbons (Fsp3) is 0.250. The van der Waals surface area contributed by atoms with Gasteiger partial charge in [-0.3, -0.25) is 4.68 Å². The van der Waals surface area contributed by atoms with Crippen molar-refractivity contribution in [2.24, 2.45) is 0 Å². The van der Waals surface area contributed by atoms with Gasteiger partial charge in [0.25, 0.3) is 0 Å². The maximum absolute atomic E-state index is 12.0. The lowest BCUT2D eigenvalue weighted by atomic mass is 10.1. The van der Waals surface area contributed by atoms with Crippen LogP contribution < -0.4 is 4.74 Å². The van der Waals surface area contributed by atoms with Gasteiger partial charge in [0, 0.05) is 6.20 Å². The van der Waals surface area contributed by atoms with E-state index in [1.807, 2.05) is 0 Å². The molecule has 1 N–H and O–H groups in total. The highest BCUT2D eigenvalue weighted by Gasteiger charge is 2.31. The molecule has 1 heterocycles. The van der Waals surface area contributed by atoms with Crippen molar-refractivity contribution < 1.29 is 23.0 Å². The fourth-order valence-electron chi connectivity index (χ4n) is 1.61. The van der Waals surface area contributed by atoms with Crippen molar-refractivity contribution in [1.82, 2.24) is 9.78 Å². The third kappa shape index (κ3) is 4.14. The lowest BCUT2D eigenvalue weighted by Crippen LogP contribution is -2.17. The molecule has 2 aromatic rings. The molecule has 0 fully saturated rings. The van der Waals surface area contributed by atoms with Crippen LogP contribution in [0.5, 0.6) is 5.75 Å². The Morgan fingerprint density at radius 2 is 1.95 bits per heavy atom. The van der Waals surface area contributed by atoms with Gasteiger partial charge in [-0.2, -0.15) is 5.10 Å². The molecule has 0 radical (unpaired) electrons. The second kappa shape index (κ2) is 5.72. The Kier molecular flexibility index (Phi) is 4.20. The normalized spacial score (nSPS) is 13.2. The topological polar surface area (TPSA) is 47.3 Å². The van der Waals surface area contributed by atoms with Gasteiger partial charge in [-0.1, -0.05) is 23.7 Å². The Morgan fingerprint density at radius 3 is 2.45 bits per heavy atom. The maximum atomic E-state index is 12.0. The Hall–Kier alpha value is -1.73. The smallest absolute Gasteiger partial charge is 0.406 e. The number of rotatable bonds is 4. The van der Waals surface area contributed by atoms with E-state index >= 15 is 0 Å². The second-order valence-corrected chi connectivity index (χ2v) is 4.45. The van der Waals surface area contributed by atoms with Crippen molar-refractivity contribution in [3.8, 4) is 5.75 Å². The first-order chi connectivity index (χ1) is 9.33. The molecule has 1 atom stereocenters. The molecule has 4 nitrogen and oxygen atoms in total. The first-order valence-corrected chi connectivity index (χ1v) is 5.93. The fourth-order valence-corrected chi connectivity index (χ4v) is 1.77. The van der Waals surface area contributed by atoms with Crippen LogP contribution in [0.3, 0.4) is 0 Å². The van der Waals surface area contributed by atoms with Gasteiger partial charge < -0.3 is 9.84 Å². The third-order valence-corrected chi connectivity index (χ3v) is 2.66. The molecule has 1 aromatic heterocycles. The molecular weight excluding hydrogens is 297 g/mol. The lowest BCUT2D eigenvalue weighted by molar-refractivity contribution is -0.274. The highest BCUT2D eigenvalue weighted by molar-refractivity contribution is 6.30. The number of aliphatic hydroxyl groups is 1. The largest absolute Gasteiger partial charge is 0.573 e. The summed E-state index contributed by atoms with van der Waals surface area (Å²) in [5, 5.41) is 14.3. The summed E-state index contributed by atoms with van der Waals surface area (Å²) in [6, 6.07) is 5.00. The zero-order valence-corrected chi connectivity index (χ0v) is 10.8. The van der Waals surface area contributed by atoms with Crippen LogP contribution in [0.4, 0.5) is 13.2 Å². The Morgan fingerprint density at radius 1 is 1.30 bits per heavy atom. The Balaban J connectivity index is 2.02. The third-order valence-electron chi connectivity index (χ3n) is 2.46. The van der Waals surface area contributed by atoms with E-state index in [4.69, 9.17) is 11.6 Å². The van der Waals surface area contributed by atoms with Gasteiger partial charge in [-0.05, 0) is 17.7 Å². The van der Waals surface area contributed by atoms with Crippen LogP contribution in [0.1, 0.15) is 11.7 Å². The molecule has 0 spiro atoms. The summed E-state index contributed by atoms with van der Waals surface area (Å²) in [6.07, 6.45) is -2.68. The molecule has 0 aliphatic carbocycles. The van der Waals surface area contributed by atoms with E-state index in [0.29, 0.717) is 10.6 Å². The van der Waals surface area contributed by atoms with E-state index < -0.39 is 12.5 Å². The second-order valence-electron chi connectivity index (χ2n) is 4.01. The summed E-state index contributed by atoms with van der Waals surface area (Å²) in [7, 11) is 0. The molecule has 0 bridgehead atoms. The van der Waals surface area contributed by atoms with Gasteiger partial charge >= 0.3 is 6.36 Å². The van der Waals surface area contributed by atoms with Crippen molar-refractivity contribution in [2.75, 3.05) is 0 Å². The van der Waals surface area contributed by atoms with Crippen LogP contribution in [-0.2, 0) is 6.54 Å². The molecule has 108 valence electrons. The molecule has 8 heteroatoms. The minimum absolute atomic E-state index is 0.145. The van der Waals surface area contributed by atoms with E-state index in [9.17, 15) is 18.3 Å². The van der Waals surface area contributed by atoms with Crippen LogP contribution in [0.2, 0.25) is 5.02 Å². The monoisotopic (exact) mass is 306 g/mol. The standard InChI is InChI=1S/C12H10ClF3N2O2/c13-9-5-17-18(6-9)7-11(19)8-1-3-10(4-2-8)20-12(14,15)16/h1-6,11,19H,7H2. The van der Waals surface area contributed by atoms with Crippen LogP contribution >= 0.6 is 11.6 Å². The van der Waals surface area contributed by atoms with Crippen molar-refractivity contribution in [1.29, 1.82) is 0 Å². The zero-order chi connectivity index (χ0) is 14.8. The summed E-state index contributed by atoms with van der Waals surface area (Å²) in [4.78, 5) is 0. The van der Waals surface area contributed by atoms with Crippen LogP contribution in [0, 0.1) is 0 Å². The van der Waals surface area contributed by atoms with E-state index in [1.165, 1.54) is 29.2 Å². The molecule has 0 saturated heterocycles. The predicted molar refractivity (Wildman–Crippen MR) is 65.3 cm³/mol. The summed E-state index contributed by atoms with van der Waals surface area (Å²) in [5.41, 5.74) is 0.450. The number of alkyl halides is 3. The maximum Gasteiger partial charge on any atom is 0.573 e. The van der Waals surface area contributed by atoms with Gasteiger partial charge in [0.2, 0.25) is 0 Å². The molecule has 2 rings (SSSR count). The first-order valence-electron chi connectivity index (χ1n) is 5.55. The molecule has 1 aromatic carbocycles. The average Bonchev–Trinajstić information content (AvgIpc) is 2.73. The molecular formula is C12H10ClF3N2O2. The van der Waals surface area contributed by atoms with E-state index in [1.54, 1.807) is 0 Å². The number of hydrogen-bond acceptors (Lipinski definition) is 3. The lowest BCUT2D eigenvalue weighted by Gasteiger charge is -2.13. The van der Waals surface area contributed by atoms with E-state index in [2.05, 4.69) is 9.84 Å². The van der Waals surface area contributed by atoms with Gasteiger partial charge in [-0.25, -0.2) is 0 Å². The van der Waals surface area contributed by atoms with Gasteiger partial charge in [0.1, 0.15) is 5.75 Å². The summed E-state index contributed by atoms with van der Waals surface area (Å²) < 4.78 is 41.2. The summed E-state index contributed by atoms with van der Waals surface area (Å²) in [5.74, 6) is -0.337.